The molecule has 1 aliphatic rings. The molecule has 4 heteroatoms. The minimum Gasteiger partial charge on any atom is -0.427 e. The first kappa shape index (κ1) is 14.7. The maximum atomic E-state index is 12.2. The normalized spacial score (nSPS) is 18.4. The van der Waals surface area contributed by atoms with Crippen LogP contribution in [-0.4, -0.2) is 11.8 Å². The Morgan fingerprint density at radius 3 is 2.90 bits per heavy atom. The Morgan fingerprint density at radius 1 is 1.45 bits per heavy atom. The zero-order valence-electron chi connectivity index (χ0n) is 11.0. The molecule has 0 aromatic heterocycles. The van der Waals surface area contributed by atoms with Crippen LogP contribution in [0.1, 0.15) is 29.6 Å². The molecule has 0 aliphatic heterocycles. The van der Waals surface area contributed by atoms with Crippen LogP contribution in [0.5, 0.6) is 0 Å². The van der Waals surface area contributed by atoms with Crippen LogP contribution < -0.4 is 0 Å². The van der Waals surface area contributed by atoms with Crippen molar-refractivity contribution < 1.29 is 14.3 Å². The van der Waals surface area contributed by atoms with Crippen LogP contribution in [0.4, 0.5) is 0 Å². The fourth-order valence-corrected chi connectivity index (χ4v) is 2.59. The third-order valence-corrected chi connectivity index (χ3v) is 3.89. The predicted molar refractivity (Wildman–Crippen MR) is 80.2 cm³/mol. The summed E-state index contributed by atoms with van der Waals surface area (Å²) in [6.07, 6.45) is 5.10. The molecule has 0 saturated heterocycles. The summed E-state index contributed by atoms with van der Waals surface area (Å²) in [6, 6.07) is 7.05. The largest absolute Gasteiger partial charge is 0.427 e. The van der Waals surface area contributed by atoms with Crippen molar-refractivity contribution in [2.75, 3.05) is 0 Å². The van der Waals surface area contributed by atoms with Crippen molar-refractivity contribution in [2.24, 2.45) is 5.92 Å². The van der Waals surface area contributed by atoms with Crippen LogP contribution in [0.15, 0.2) is 53.2 Å². The van der Waals surface area contributed by atoms with Gasteiger partial charge in [-0.05, 0) is 40.9 Å². The van der Waals surface area contributed by atoms with E-state index in [1.165, 1.54) is 6.08 Å². The third kappa shape index (κ3) is 3.45. The maximum absolute atomic E-state index is 12.2. The molecule has 2 rings (SSSR count). The smallest absolute Gasteiger partial charge is 0.344 e. The monoisotopic (exact) mass is 334 g/mol. The Balaban J connectivity index is 2.18. The van der Waals surface area contributed by atoms with Gasteiger partial charge in [-0.25, -0.2) is 4.79 Å². The Morgan fingerprint density at radius 2 is 2.20 bits per heavy atom. The molecule has 1 aliphatic carbocycles. The molecule has 0 amide bonds. The number of ketones is 1. The number of ether oxygens (including phenoxy) is 1. The van der Waals surface area contributed by atoms with Gasteiger partial charge in [-0.3, -0.25) is 4.79 Å². The predicted octanol–water partition coefficient (Wildman–Crippen LogP) is 4.05. The average Bonchev–Trinajstić information content (AvgIpc) is 2.42. The summed E-state index contributed by atoms with van der Waals surface area (Å²) in [7, 11) is 0. The number of allylic oxidation sites excluding steroid dienone is 3. The molecule has 0 spiro atoms. The van der Waals surface area contributed by atoms with Gasteiger partial charge in [0.25, 0.3) is 0 Å². The van der Waals surface area contributed by atoms with Gasteiger partial charge in [0, 0.05) is 22.9 Å². The zero-order chi connectivity index (χ0) is 14.5. The van der Waals surface area contributed by atoms with Crippen molar-refractivity contribution in [2.45, 2.75) is 19.3 Å². The highest BCUT2D eigenvalue weighted by Crippen LogP contribution is 2.29. The molecule has 0 radical (unpaired) electrons. The Bertz CT molecular complexity index is 575. The van der Waals surface area contributed by atoms with E-state index in [1.807, 2.05) is 6.07 Å². The van der Waals surface area contributed by atoms with Crippen LogP contribution in [0.2, 0.25) is 0 Å². The number of benzene rings is 1. The van der Waals surface area contributed by atoms with Gasteiger partial charge in [0.05, 0.1) is 5.56 Å². The molecule has 1 aromatic rings. The van der Waals surface area contributed by atoms with Crippen molar-refractivity contribution >= 4 is 27.7 Å². The molecule has 0 heterocycles. The summed E-state index contributed by atoms with van der Waals surface area (Å²) in [5, 5.41) is 0. The van der Waals surface area contributed by atoms with E-state index >= 15 is 0 Å². The minimum absolute atomic E-state index is 0.000222. The van der Waals surface area contributed by atoms with Crippen molar-refractivity contribution in [3.05, 3.63) is 58.8 Å². The van der Waals surface area contributed by atoms with Gasteiger partial charge in [-0.1, -0.05) is 18.2 Å². The molecule has 1 unspecified atom stereocenters. The molecule has 0 fully saturated rings. The second-order valence-electron chi connectivity index (χ2n) is 4.64. The molecule has 0 N–H and O–H groups in total. The summed E-state index contributed by atoms with van der Waals surface area (Å²) in [5.41, 5.74) is 0.448. The minimum atomic E-state index is -0.451. The lowest BCUT2D eigenvalue weighted by Gasteiger charge is -2.21. The standard InChI is InChI=1S/C16H15BrO3/c1-2-5-11-8-9-12(18)10-15(11)20-16(19)13-6-3-4-7-14(13)17/h2-4,6-7,10-11H,1,5,8-9H2. The van der Waals surface area contributed by atoms with Crippen molar-refractivity contribution in [3.8, 4) is 0 Å². The fourth-order valence-electron chi connectivity index (χ4n) is 2.14. The van der Waals surface area contributed by atoms with E-state index in [4.69, 9.17) is 4.74 Å². The summed E-state index contributed by atoms with van der Waals surface area (Å²) < 4.78 is 6.09. The van der Waals surface area contributed by atoms with E-state index in [0.29, 0.717) is 35.1 Å². The highest BCUT2D eigenvalue weighted by molar-refractivity contribution is 9.10. The van der Waals surface area contributed by atoms with Crippen LogP contribution in [0.3, 0.4) is 0 Å². The molecule has 3 nitrogen and oxygen atoms in total. The van der Waals surface area contributed by atoms with Gasteiger partial charge in [0.1, 0.15) is 5.76 Å². The Kier molecular flexibility index (Phi) is 4.90. The third-order valence-electron chi connectivity index (χ3n) is 3.20. The topological polar surface area (TPSA) is 43.4 Å². The molecule has 0 saturated carbocycles. The zero-order valence-corrected chi connectivity index (χ0v) is 12.6. The number of halogens is 1. The molecule has 1 atom stereocenters. The quantitative estimate of drug-likeness (QED) is 0.616. The van der Waals surface area contributed by atoms with E-state index in [2.05, 4.69) is 22.5 Å². The van der Waals surface area contributed by atoms with Crippen molar-refractivity contribution in [1.82, 2.24) is 0 Å². The molecule has 20 heavy (non-hydrogen) atoms. The number of carbonyl (C=O) groups is 2. The lowest BCUT2D eigenvalue weighted by Crippen LogP contribution is -2.18. The summed E-state index contributed by atoms with van der Waals surface area (Å²) in [5.74, 6) is 0.0475. The van der Waals surface area contributed by atoms with Gasteiger partial charge in [0.2, 0.25) is 0 Å². The molecular formula is C16H15BrO3. The summed E-state index contributed by atoms with van der Waals surface area (Å²) >= 11 is 3.32. The molecule has 0 bridgehead atoms. The molecule has 1 aromatic carbocycles. The Labute approximate surface area is 126 Å². The highest BCUT2D eigenvalue weighted by Gasteiger charge is 2.25. The molecule has 104 valence electrons. The van der Waals surface area contributed by atoms with Gasteiger partial charge >= 0.3 is 5.97 Å². The van der Waals surface area contributed by atoms with Gasteiger partial charge in [-0.15, -0.1) is 6.58 Å². The maximum Gasteiger partial charge on any atom is 0.344 e. The van der Waals surface area contributed by atoms with Crippen molar-refractivity contribution in [3.63, 3.8) is 0 Å². The number of rotatable bonds is 4. The fraction of sp³-hybridized carbons (Fsp3) is 0.250. The van der Waals surface area contributed by atoms with E-state index < -0.39 is 5.97 Å². The van der Waals surface area contributed by atoms with Gasteiger partial charge in [-0.2, -0.15) is 0 Å². The average molecular weight is 335 g/mol. The van der Waals surface area contributed by atoms with Gasteiger partial charge in [0.15, 0.2) is 5.78 Å². The Hall–Kier alpha value is -1.68. The van der Waals surface area contributed by atoms with E-state index in [-0.39, 0.29) is 11.7 Å². The van der Waals surface area contributed by atoms with Gasteiger partial charge < -0.3 is 4.74 Å². The summed E-state index contributed by atoms with van der Waals surface area (Å²) in [6.45, 7) is 3.70. The van der Waals surface area contributed by atoms with Crippen LogP contribution in [0.25, 0.3) is 0 Å². The second-order valence-corrected chi connectivity index (χ2v) is 5.50. The number of hydrogen-bond donors (Lipinski definition) is 0. The lowest BCUT2D eigenvalue weighted by atomic mass is 9.90. The second kappa shape index (κ2) is 6.66. The summed E-state index contributed by atoms with van der Waals surface area (Å²) in [4.78, 5) is 23.7. The first-order chi connectivity index (χ1) is 9.61. The van der Waals surface area contributed by atoms with E-state index in [9.17, 15) is 9.59 Å². The molecular weight excluding hydrogens is 320 g/mol. The van der Waals surface area contributed by atoms with Crippen LogP contribution >= 0.6 is 15.9 Å². The highest BCUT2D eigenvalue weighted by atomic mass is 79.9. The van der Waals surface area contributed by atoms with Crippen LogP contribution in [0, 0.1) is 5.92 Å². The van der Waals surface area contributed by atoms with E-state index in [0.717, 1.165) is 0 Å². The lowest BCUT2D eigenvalue weighted by molar-refractivity contribution is -0.115. The first-order valence-electron chi connectivity index (χ1n) is 6.44. The first-order valence-corrected chi connectivity index (χ1v) is 7.23. The number of carbonyl (C=O) groups excluding carboxylic acids is 2. The van der Waals surface area contributed by atoms with Crippen LogP contribution in [-0.2, 0) is 9.53 Å². The number of hydrogen-bond acceptors (Lipinski definition) is 3. The van der Waals surface area contributed by atoms with E-state index in [1.54, 1.807) is 24.3 Å². The SMILES string of the molecule is C=CCC1CCC(=O)C=C1OC(=O)c1ccccc1Br. The van der Waals surface area contributed by atoms with Crippen molar-refractivity contribution in [1.29, 1.82) is 0 Å². The number of esters is 1.